The maximum Gasteiger partial charge on any atom is 0.305 e. The van der Waals surface area contributed by atoms with Crippen LogP contribution >= 0.6 is 0 Å². The maximum atomic E-state index is 11.7. The highest BCUT2D eigenvalue weighted by atomic mass is 16.5. The SMILES string of the molecule is COC(=O)CCC(C)C1CCC2C3CC[C@H]4C[C@@H](O)CC[C@@]4(C)C3C[C@@H](OC)[C@@]12C. The Labute approximate surface area is 183 Å². The molecule has 0 heterocycles. The van der Waals surface area contributed by atoms with E-state index in [-0.39, 0.29) is 17.5 Å². The van der Waals surface area contributed by atoms with E-state index in [1.54, 1.807) is 0 Å². The van der Waals surface area contributed by atoms with Crippen molar-refractivity contribution in [1.82, 2.24) is 0 Å². The van der Waals surface area contributed by atoms with Crippen LogP contribution in [0.2, 0.25) is 0 Å². The molecule has 0 aromatic rings. The number of aliphatic hydroxyl groups excluding tert-OH is 1. The molecule has 0 amide bonds. The summed E-state index contributed by atoms with van der Waals surface area (Å²) in [5, 5.41) is 10.3. The molecule has 4 nitrogen and oxygen atoms in total. The van der Waals surface area contributed by atoms with Crippen LogP contribution in [0.25, 0.3) is 0 Å². The lowest BCUT2D eigenvalue weighted by atomic mass is 9.43. The molecule has 4 rings (SSSR count). The molecule has 172 valence electrons. The molecule has 1 N–H and O–H groups in total. The number of hydrogen-bond donors (Lipinski definition) is 1. The molecule has 4 saturated carbocycles. The average Bonchev–Trinajstić information content (AvgIpc) is 3.09. The van der Waals surface area contributed by atoms with E-state index in [1.165, 1.54) is 45.6 Å². The van der Waals surface area contributed by atoms with Crippen molar-refractivity contribution in [2.75, 3.05) is 14.2 Å². The van der Waals surface area contributed by atoms with Crippen LogP contribution < -0.4 is 0 Å². The van der Waals surface area contributed by atoms with Crippen molar-refractivity contribution >= 4 is 5.97 Å². The van der Waals surface area contributed by atoms with Crippen molar-refractivity contribution in [3.05, 3.63) is 0 Å². The third-order valence-electron chi connectivity index (χ3n) is 10.8. The minimum atomic E-state index is -0.0850. The fraction of sp³-hybridized carbons (Fsp3) is 0.962. The van der Waals surface area contributed by atoms with Gasteiger partial charge in [-0.2, -0.15) is 0 Å². The van der Waals surface area contributed by atoms with Crippen LogP contribution in [0.1, 0.15) is 85.0 Å². The molecule has 4 heteroatoms. The van der Waals surface area contributed by atoms with Crippen LogP contribution in [0, 0.1) is 46.3 Å². The van der Waals surface area contributed by atoms with E-state index >= 15 is 0 Å². The van der Waals surface area contributed by atoms with Crippen LogP contribution in [0.3, 0.4) is 0 Å². The van der Waals surface area contributed by atoms with Crippen molar-refractivity contribution < 1.29 is 19.4 Å². The van der Waals surface area contributed by atoms with Gasteiger partial charge in [0.15, 0.2) is 0 Å². The van der Waals surface area contributed by atoms with E-state index in [0.717, 1.165) is 37.0 Å². The predicted molar refractivity (Wildman–Crippen MR) is 118 cm³/mol. The van der Waals surface area contributed by atoms with Crippen LogP contribution in [0.4, 0.5) is 0 Å². The number of fused-ring (bicyclic) bond motifs is 5. The summed E-state index contributed by atoms with van der Waals surface area (Å²) in [5.41, 5.74) is 0.581. The highest BCUT2D eigenvalue weighted by Crippen LogP contribution is 2.68. The van der Waals surface area contributed by atoms with Crippen LogP contribution in [0.15, 0.2) is 0 Å². The zero-order valence-corrected chi connectivity index (χ0v) is 19.9. The number of rotatable bonds is 5. The molecule has 5 unspecified atom stereocenters. The Bertz CT molecular complexity index is 635. The van der Waals surface area contributed by atoms with Gasteiger partial charge in [-0.25, -0.2) is 0 Å². The van der Waals surface area contributed by atoms with Gasteiger partial charge in [0.05, 0.1) is 19.3 Å². The lowest BCUT2D eigenvalue weighted by Crippen LogP contribution is -2.59. The minimum Gasteiger partial charge on any atom is -0.469 e. The Morgan fingerprint density at radius 3 is 2.53 bits per heavy atom. The molecule has 0 radical (unpaired) electrons. The van der Waals surface area contributed by atoms with E-state index in [9.17, 15) is 9.90 Å². The fourth-order valence-corrected chi connectivity index (χ4v) is 9.13. The van der Waals surface area contributed by atoms with E-state index in [1.807, 2.05) is 7.11 Å². The first-order chi connectivity index (χ1) is 14.3. The lowest BCUT2D eigenvalue weighted by Gasteiger charge is -2.63. The molecule has 0 aliphatic heterocycles. The van der Waals surface area contributed by atoms with Gasteiger partial charge in [-0.15, -0.1) is 0 Å². The molecule has 4 fully saturated rings. The third kappa shape index (κ3) is 3.45. The molecule has 30 heavy (non-hydrogen) atoms. The Balaban J connectivity index is 1.57. The summed E-state index contributed by atoms with van der Waals surface area (Å²) in [6.07, 6.45) is 11.2. The number of methoxy groups -OCH3 is 2. The molecule has 4 aliphatic carbocycles. The van der Waals surface area contributed by atoms with Gasteiger partial charge in [0, 0.05) is 13.5 Å². The van der Waals surface area contributed by atoms with Gasteiger partial charge in [-0.05, 0) is 104 Å². The first kappa shape index (κ1) is 22.6. The summed E-state index contributed by atoms with van der Waals surface area (Å²) in [5.74, 6) is 4.00. The molecule has 0 saturated heterocycles. The van der Waals surface area contributed by atoms with Gasteiger partial charge in [-0.3, -0.25) is 4.79 Å². The number of esters is 1. The van der Waals surface area contributed by atoms with Gasteiger partial charge in [0.2, 0.25) is 0 Å². The molecule has 4 aliphatic rings. The molecule has 0 aromatic heterocycles. The summed E-state index contributed by atoms with van der Waals surface area (Å²) in [4.78, 5) is 11.7. The van der Waals surface area contributed by atoms with Crippen LogP contribution in [-0.4, -0.2) is 37.5 Å². The molecule has 0 bridgehead atoms. The third-order valence-corrected chi connectivity index (χ3v) is 10.8. The molecular formula is C26H44O4. The van der Waals surface area contributed by atoms with Crippen LogP contribution in [-0.2, 0) is 14.3 Å². The van der Waals surface area contributed by atoms with E-state index in [2.05, 4.69) is 20.8 Å². The second-order valence-electron chi connectivity index (χ2n) is 11.7. The Morgan fingerprint density at radius 2 is 1.83 bits per heavy atom. The van der Waals surface area contributed by atoms with Gasteiger partial charge in [0.1, 0.15) is 0 Å². The van der Waals surface area contributed by atoms with E-state index in [4.69, 9.17) is 9.47 Å². The van der Waals surface area contributed by atoms with Gasteiger partial charge < -0.3 is 14.6 Å². The molecule has 0 spiro atoms. The summed E-state index contributed by atoms with van der Waals surface area (Å²) < 4.78 is 11.2. The summed E-state index contributed by atoms with van der Waals surface area (Å²) in [6, 6.07) is 0. The van der Waals surface area contributed by atoms with E-state index < -0.39 is 0 Å². The van der Waals surface area contributed by atoms with Crippen molar-refractivity contribution in [3.8, 4) is 0 Å². The topological polar surface area (TPSA) is 55.8 Å². The maximum absolute atomic E-state index is 11.7. The Hall–Kier alpha value is -0.610. The number of ether oxygens (including phenoxy) is 2. The van der Waals surface area contributed by atoms with Crippen LogP contribution in [0.5, 0.6) is 0 Å². The summed E-state index contributed by atoms with van der Waals surface area (Å²) in [7, 11) is 3.42. The van der Waals surface area contributed by atoms with Gasteiger partial charge >= 0.3 is 5.97 Å². The first-order valence-corrected chi connectivity index (χ1v) is 12.5. The standard InChI is InChI=1S/C26H44O4/c1-16(6-11-24(28)30-5)20-9-10-21-19-8-7-17-14-18(27)12-13-25(17,2)22(19)15-23(29-4)26(20,21)3/h16-23,27H,6-15H2,1-5H3/t16?,17-,18-,19?,20?,21?,22?,23+,25+,26-/m0/s1. The molecular weight excluding hydrogens is 376 g/mol. The highest BCUT2D eigenvalue weighted by molar-refractivity contribution is 5.69. The second-order valence-corrected chi connectivity index (χ2v) is 11.7. The first-order valence-electron chi connectivity index (χ1n) is 12.5. The van der Waals surface area contributed by atoms with Crippen molar-refractivity contribution in [3.63, 3.8) is 0 Å². The summed E-state index contributed by atoms with van der Waals surface area (Å²) >= 11 is 0. The fourth-order valence-electron chi connectivity index (χ4n) is 9.13. The molecule has 0 aromatic carbocycles. The Morgan fingerprint density at radius 1 is 1.07 bits per heavy atom. The van der Waals surface area contributed by atoms with Crippen molar-refractivity contribution in [2.45, 2.75) is 97.2 Å². The number of hydrogen-bond acceptors (Lipinski definition) is 4. The quantitative estimate of drug-likeness (QED) is 0.620. The van der Waals surface area contributed by atoms with E-state index in [0.29, 0.717) is 35.7 Å². The molecule has 10 atom stereocenters. The smallest absolute Gasteiger partial charge is 0.305 e. The van der Waals surface area contributed by atoms with Crippen molar-refractivity contribution in [2.24, 2.45) is 46.3 Å². The lowest BCUT2D eigenvalue weighted by molar-refractivity contribution is -0.183. The van der Waals surface area contributed by atoms with Crippen molar-refractivity contribution in [1.29, 1.82) is 0 Å². The predicted octanol–water partition coefficient (Wildman–Crippen LogP) is 5.22. The average molecular weight is 421 g/mol. The normalized spacial score (nSPS) is 48.9. The zero-order valence-electron chi connectivity index (χ0n) is 19.9. The number of aliphatic hydroxyl groups is 1. The summed E-state index contributed by atoms with van der Waals surface area (Å²) in [6.45, 7) is 7.41. The number of carbonyl (C=O) groups is 1. The highest BCUT2D eigenvalue weighted by Gasteiger charge is 2.64. The minimum absolute atomic E-state index is 0.0840. The largest absolute Gasteiger partial charge is 0.469 e. The Kier molecular flexibility index (Phi) is 6.31. The number of carbonyl (C=O) groups excluding carboxylic acids is 1. The second kappa shape index (κ2) is 8.39. The van der Waals surface area contributed by atoms with Gasteiger partial charge in [0.25, 0.3) is 0 Å². The monoisotopic (exact) mass is 420 g/mol. The zero-order chi connectivity index (χ0) is 21.7. The van der Waals surface area contributed by atoms with Gasteiger partial charge in [-0.1, -0.05) is 20.8 Å².